The van der Waals surface area contributed by atoms with E-state index < -0.39 is 0 Å². The molecule has 0 spiro atoms. The fraction of sp³-hybridized carbons (Fsp3) is 0.769. The summed E-state index contributed by atoms with van der Waals surface area (Å²) in [5.74, 6) is 2.54. The Labute approximate surface area is 124 Å². The first-order valence-corrected chi connectivity index (χ1v) is 8.48. The molecule has 19 heavy (non-hydrogen) atoms. The molecule has 108 valence electrons. The highest BCUT2D eigenvalue weighted by Gasteiger charge is 2.12. The summed E-state index contributed by atoms with van der Waals surface area (Å²) in [4.78, 5) is 2.52. The van der Waals surface area contributed by atoms with E-state index in [9.17, 15) is 0 Å². The SMILES string of the molecule is CCn1nc(C)c(Cl)c1CNCCN1CCSCC1. The van der Waals surface area contributed by atoms with Gasteiger partial charge in [-0.05, 0) is 13.8 Å². The highest BCUT2D eigenvalue weighted by atomic mass is 35.5. The summed E-state index contributed by atoms with van der Waals surface area (Å²) in [5, 5.41) is 8.72. The number of aromatic nitrogens is 2. The van der Waals surface area contributed by atoms with Crippen LogP contribution in [-0.2, 0) is 13.1 Å². The van der Waals surface area contributed by atoms with Crippen molar-refractivity contribution in [2.75, 3.05) is 37.7 Å². The first kappa shape index (κ1) is 15.2. The topological polar surface area (TPSA) is 33.1 Å². The van der Waals surface area contributed by atoms with Gasteiger partial charge in [-0.3, -0.25) is 4.68 Å². The molecule has 1 fully saturated rings. The van der Waals surface area contributed by atoms with Gasteiger partial charge in [0.15, 0.2) is 0 Å². The van der Waals surface area contributed by atoms with Crippen molar-refractivity contribution in [3.8, 4) is 0 Å². The van der Waals surface area contributed by atoms with Crippen molar-refractivity contribution in [3.63, 3.8) is 0 Å². The fourth-order valence-electron chi connectivity index (χ4n) is 2.31. The predicted molar refractivity (Wildman–Crippen MR) is 83.1 cm³/mol. The third kappa shape index (κ3) is 4.12. The molecule has 1 aliphatic rings. The number of hydrogen-bond acceptors (Lipinski definition) is 4. The Morgan fingerprint density at radius 3 is 2.79 bits per heavy atom. The van der Waals surface area contributed by atoms with Crippen molar-refractivity contribution in [1.29, 1.82) is 0 Å². The monoisotopic (exact) mass is 302 g/mol. The average molecular weight is 303 g/mol. The molecule has 0 bridgehead atoms. The minimum atomic E-state index is 0.802. The van der Waals surface area contributed by atoms with E-state index in [-0.39, 0.29) is 0 Å². The molecule has 2 rings (SSSR count). The smallest absolute Gasteiger partial charge is 0.0860 e. The summed E-state index contributed by atoms with van der Waals surface area (Å²) in [6.45, 7) is 10.3. The van der Waals surface area contributed by atoms with Gasteiger partial charge in [-0.25, -0.2) is 0 Å². The first-order chi connectivity index (χ1) is 9.22. The highest BCUT2D eigenvalue weighted by molar-refractivity contribution is 7.99. The highest BCUT2D eigenvalue weighted by Crippen LogP contribution is 2.19. The van der Waals surface area contributed by atoms with E-state index in [4.69, 9.17) is 11.6 Å². The molecule has 4 nitrogen and oxygen atoms in total. The molecule has 1 N–H and O–H groups in total. The van der Waals surface area contributed by atoms with E-state index in [1.807, 2.05) is 11.6 Å². The van der Waals surface area contributed by atoms with Gasteiger partial charge in [0.2, 0.25) is 0 Å². The summed E-state index contributed by atoms with van der Waals surface area (Å²) in [5.41, 5.74) is 2.03. The standard InChI is InChI=1S/C13H23ClN4S/c1-3-18-12(13(14)11(2)16-18)10-15-4-5-17-6-8-19-9-7-17/h15H,3-10H2,1-2H3. The Bertz CT molecular complexity index is 402. The number of nitrogens with one attached hydrogen (secondary N) is 1. The van der Waals surface area contributed by atoms with Gasteiger partial charge >= 0.3 is 0 Å². The second-order valence-electron chi connectivity index (χ2n) is 4.79. The summed E-state index contributed by atoms with van der Waals surface area (Å²) >= 11 is 8.34. The third-order valence-electron chi connectivity index (χ3n) is 3.45. The van der Waals surface area contributed by atoms with Crippen LogP contribution in [0.3, 0.4) is 0 Å². The van der Waals surface area contributed by atoms with Crippen molar-refractivity contribution in [2.45, 2.75) is 26.9 Å². The van der Waals surface area contributed by atoms with Crippen molar-refractivity contribution in [1.82, 2.24) is 20.0 Å². The lowest BCUT2D eigenvalue weighted by Crippen LogP contribution is -2.37. The molecule has 2 heterocycles. The number of rotatable bonds is 6. The quantitative estimate of drug-likeness (QED) is 0.815. The molecule has 1 aromatic rings. The Morgan fingerprint density at radius 1 is 1.37 bits per heavy atom. The lowest BCUT2D eigenvalue weighted by Gasteiger charge is -2.26. The number of halogens is 1. The normalized spacial score (nSPS) is 17.0. The maximum atomic E-state index is 6.28. The second-order valence-corrected chi connectivity index (χ2v) is 6.40. The van der Waals surface area contributed by atoms with Gasteiger partial charge in [0.1, 0.15) is 0 Å². The van der Waals surface area contributed by atoms with Gasteiger partial charge in [-0.2, -0.15) is 16.9 Å². The average Bonchev–Trinajstić information content (AvgIpc) is 2.72. The van der Waals surface area contributed by atoms with Crippen LogP contribution < -0.4 is 5.32 Å². The van der Waals surface area contributed by atoms with Crippen LogP contribution in [0.5, 0.6) is 0 Å². The maximum absolute atomic E-state index is 6.28. The van der Waals surface area contributed by atoms with Crippen LogP contribution in [-0.4, -0.2) is 52.4 Å². The Balaban J connectivity index is 1.76. The number of nitrogens with zero attached hydrogens (tertiary/aromatic N) is 3. The molecule has 1 aliphatic heterocycles. The summed E-state index contributed by atoms with van der Waals surface area (Å²) < 4.78 is 1.99. The summed E-state index contributed by atoms with van der Waals surface area (Å²) in [7, 11) is 0. The molecular formula is C13H23ClN4S. The molecule has 0 unspecified atom stereocenters. The molecule has 1 aromatic heterocycles. The minimum absolute atomic E-state index is 0.802. The zero-order chi connectivity index (χ0) is 13.7. The van der Waals surface area contributed by atoms with Crippen LogP contribution in [0.15, 0.2) is 0 Å². The van der Waals surface area contributed by atoms with Gasteiger partial charge in [-0.15, -0.1) is 0 Å². The Morgan fingerprint density at radius 2 is 2.11 bits per heavy atom. The van der Waals surface area contributed by atoms with E-state index in [1.165, 1.54) is 24.6 Å². The van der Waals surface area contributed by atoms with E-state index >= 15 is 0 Å². The first-order valence-electron chi connectivity index (χ1n) is 6.95. The molecule has 0 radical (unpaired) electrons. The van der Waals surface area contributed by atoms with Crippen LogP contribution in [0.2, 0.25) is 5.02 Å². The third-order valence-corrected chi connectivity index (χ3v) is 4.89. The van der Waals surface area contributed by atoms with Crippen molar-refractivity contribution in [2.24, 2.45) is 0 Å². The second kappa shape index (κ2) is 7.53. The van der Waals surface area contributed by atoms with E-state index in [1.54, 1.807) is 0 Å². The van der Waals surface area contributed by atoms with Crippen molar-refractivity contribution < 1.29 is 0 Å². The fourth-order valence-corrected chi connectivity index (χ4v) is 3.49. The number of thioether (sulfide) groups is 1. The van der Waals surface area contributed by atoms with Crippen molar-refractivity contribution in [3.05, 3.63) is 16.4 Å². The molecule has 6 heteroatoms. The molecule has 0 amide bonds. The predicted octanol–water partition coefficient (Wildman–Crippen LogP) is 2.00. The molecule has 1 saturated heterocycles. The van der Waals surface area contributed by atoms with Gasteiger partial charge in [-0.1, -0.05) is 11.6 Å². The van der Waals surface area contributed by atoms with Gasteiger partial charge in [0.05, 0.1) is 16.4 Å². The number of hydrogen-bond donors (Lipinski definition) is 1. The Hall–Kier alpha value is -0.230. The van der Waals surface area contributed by atoms with Gasteiger partial charge in [0, 0.05) is 50.8 Å². The van der Waals surface area contributed by atoms with Gasteiger partial charge in [0.25, 0.3) is 0 Å². The van der Waals surface area contributed by atoms with Gasteiger partial charge < -0.3 is 10.2 Å². The van der Waals surface area contributed by atoms with E-state index in [0.29, 0.717) is 0 Å². The zero-order valence-electron chi connectivity index (χ0n) is 11.8. The van der Waals surface area contributed by atoms with Crippen LogP contribution >= 0.6 is 23.4 Å². The Kier molecular flexibility index (Phi) is 6.01. The molecule has 0 saturated carbocycles. The largest absolute Gasteiger partial charge is 0.310 e. The van der Waals surface area contributed by atoms with E-state index in [0.717, 1.165) is 42.6 Å². The summed E-state index contributed by atoms with van der Waals surface area (Å²) in [6, 6.07) is 0. The zero-order valence-corrected chi connectivity index (χ0v) is 13.4. The molecule has 0 aromatic carbocycles. The lowest BCUT2D eigenvalue weighted by atomic mass is 10.3. The molecular weight excluding hydrogens is 280 g/mol. The molecule has 0 atom stereocenters. The van der Waals surface area contributed by atoms with Crippen LogP contribution in [0.1, 0.15) is 18.3 Å². The number of aryl methyl sites for hydroxylation is 2. The van der Waals surface area contributed by atoms with Crippen LogP contribution in [0.25, 0.3) is 0 Å². The van der Waals surface area contributed by atoms with Crippen molar-refractivity contribution >= 4 is 23.4 Å². The summed E-state index contributed by atoms with van der Waals surface area (Å²) in [6.07, 6.45) is 0. The maximum Gasteiger partial charge on any atom is 0.0860 e. The van der Waals surface area contributed by atoms with Crippen LogP contribution in [0.4, 0.5) is 0 Å². The van der Waals surface area contributed by atoms with E-state index in [2.05, 4.69) is 34.0 Å². The van der Waals surface area contributed by atoms with Crippen LogP contribution in [0, 0.1) is 6.92 Å². The minimum Gasteiger partial charge on any atom is -0.310 e. The molecule has 0 aliphatic carbocycles. The lowest BCUT2D eigenvalue weighted by molar-refractivity contribution is 0.300.